The van der Waals surface area contributed by atoms with Gasteiger partial charge in [0.05, 0.1) is 0 Å². The van der Waals surface area contributed by atoms with Crippen molar-refractivity contribution >= 4 is 17.1 Å². The zero-order valence-electron chi connectivity index (χ0n) is 12.5. The Morgan fingerprint density at radius 1 is 0.647 bits per heavy atom. The molecule has 0 aromatic heterocycles. The van der Waals surface area contributed by atoms with E-state index in [9.17, 15) is 0 Å². The molecule has 0 rings (SSSR count). The summed E-state index contributed by atoms with van der Waals surface area (Å²) in [6.45, 7) is 8.57. The summed E-state index contributed by atoms with van der Waals surface area (Å²) in [6, 6.07) is 0. The molecule has 0 aliphatic rings. The van der Waals surface area contributed by atoms with E-state index < -0.39 is 17.1 Å². The predicted molar refractivity (Wildman–Crippen MR) is 74.5 cm³/mol. The lowest BCUT2D eigenvalue weighted by Crippen LogP contribution is -2.56. The van der Waals surface area contributed by atoms with E-state index in [1.165, 1.54) is 0 Å². The largest absolute Gasteiger partial charge is 0.397 e. The standard InChI is InChI=1S/C11H28O4Si2/c1-10(2)16(12-5,13-6)9-17(14-7,15-8)11(3)4/h10-11H,9H2,1-8H3. The van der Waals surface area contributed by atoms with Gasteiger partial charge in [0.15, 0.2) is 0 Å². The van der Waals surface area contributed by atoms with Gasteiger partial charge in [-0.2, -0.15) is 0 Å². The Morgan fingerprint density at radius 2 is 0.882 bits per heavy atom. The van der Waals surface area contributed by atoms with E-state index in [1.807, 2.05) is 0 Å². The molecule has 0 aliphatic carbocycles. The molecule has 0 aromatic rings. The van der Waals surface area contributed by atoms with Gasteiger partial charge in [0.25, 0.3) is 0 Å². The zero-order valence-corrected chi connectivity index (χ0v) is 14.5. The van der Waals surface area contributed by atoms with E-state index in [1.54, 1.807) is 28.4 Å². The van der Waals surface area contributed by atoms with Crippen molar-refractivity contribution in [2.45, 2.75) is 44.4 Å². The minimum absolute atomic E-state index is 0.369. The van der Waals surface area contributed by atoms with Gasteiger partial charge in [0.2, 0.25) is 0 Å². The minimum Gasteiger partial charge on any atom is -0.397 e. The van der Waals surface area contributed by atoms with Crippen LogP contribution in [0.4, 0.5) is 0 Å². The molecule has 0 fully saturated rings. The van der Waals surface area contributed by atoms with Gasteiger partial charge in [0, 0.05) is 34.1 Å². The summed E-state index contributed by atoms with van der Waals surface area (Å²) in [7, 11) is 2.45. The Labute approximate surface area is 108 Å². The summed E-state index contributed by atoms with van der Waals surface area (Å²) < 4.78 is 23.0. The molecule has 0 unspecified atom stereocenters. The van der Waals surface area contributed by atoms with Crippen LogP contribution in [-0.2, 0) is 17.7 Å². The van der Waals surface area contributed by atoms with E-state index >= 15 is 0 Å². The van der Waals surface area contributed by atoms with Crippen molar-refractivity contribution in [3.8, 4) is 0 Å². The molecule has 0 atom stereocenters. The first-order chi connectivity index (χ1) is 7.84. The van der Waals surface area contributed by atoms with Gasteiger partial charge >= 0.3 is 17.1 Å². The lowest BCUT2D eigenvalue weighted by molar-refractivity contribution is 0.208. The first-order valence-corrected chi connectivity index (χ1v) is 10.2. The number of hydrogen-bond acceptors (Lipinski definition) is 4. The van der Waals surface area contributed by atoms with Crippen LogP contribution in [0.3, 0.4) is 0 Å². The van der Waals surface area contributed by atoms with Gasteiger partial charge in [-0.1, -0.05) is 27.7 Å². The van der Waals surface area contributed by atoms with Gasteiger partial charge in [-0.25, -0.2) is 0 Å². The highest BCUT2D eigenvalue weighted by molar-refractivity contribution is 6.87. The fourth-order valence-electron chi connectivity index (χ4n) is 2.15. The van der Waals surface area contributed by atoms with Crippen LogP contribution in [0.5, 0.6) is 0 Å². The fourth-order valence-corrected chi connectivity index (χ4v) is 12.7. The lowest BCUT2D eigenvalue weighted by Gasteiger charge is -2.39. The van der Waals surface area contributed by atoms with Crippen molar-refractivity contribution in [3.05, 3.63) is 0 Å². The highest BCUT2D eigenvalue weighted by Gasteiger charge is 2.53. The van der Waals surface area contributed by atoms with Crippen LogP contribution in [-0.4, -0.2) is 45.6 Å². The van der Waals surface area contributed by atoms with Crippen molar-refractivity contribution in [3.63, 3.8) is 0 Å². The first kappa shape index (κ1) is 17.3. The van der Waals surface area contributed by atoms with Gasteiger partial charge in [-0.05, 0) is 11.1 Å². The van der Waals surface area contributed by atoms with Crippen LogP contribution in [0.1, 0.15) is 27.7 Å². The van der Waals surface area contributed by atoms with E-state index in [0.717, 1.165) is 5.67 Å². The first-order valence-electron chi connectivity index (χ1n) is 6.04. The Balaban J connectivity index is 5.18. The molecule has 0 aliphatic heterocycles. The maximum absolute atomic E-state index is 5.75. The van der Waals surface area contributed by atoms with Crippen LogP contribution in [0.15, 0.2) is 0 Å². The molecule has 104 valence electrons. The molecule has 0 radical (unpaired) electrons. The van der Waals surface area contributed by atoms with Crippen LogP contribution < -0.4 is 0 Å². The van der Waals surface area contributed by atoms with Crippen molar-refractivity contribution in [2.75, 3.05) is 28.4 Å². The number of hydrogen-bond donors (Lipinski definition) is 0. The lowest BCUT2D eigenvalue weighted by atomic mass is 10.6. The molecular formula is C11H28O4Si2. The summed E-state index contributed by atoms with van der Waals surface area (Å²) in [6.07, 6.45) is 0. The molecule has 0 saturated carbocycles. The zero-order chi connectivity index (χ0) is 13.7. The maximum atomic E-state index is 5.75. The second-order valence-electron chi connectivity index (χ2n) is 4.93. The van der Waals surface area contributed by atoms with Crippen LogP contribution >= 0.6 is 0 Å². The van der Waals surface area contributed by atoms with Crippen molar-refractivity contribution in [1.82, 2.24) is 0 Å². The molecule has 0 amide bonds. The predicted octanol–water partition coefficient (Wildman–Crippen LogP) is 2.82. The normalized spacial score (nSPS) is 13.8. The Hall–Kier alpha value is 0.274. The quantitative estimate of drug-likeness (QED) is 0.641. The molecule has 6 heteroatoms. The van der Waals surface area contributed by atoms with Gasteiger partial charge in [0.1, 0.15) is 0 Å². The molecule has 0 aromatic carbocycles. The molecule has 4 nitrogen and oxygen atoms in total. The van der Waals surface area contributed by atoms with Crippen molar-refractivity contribution in [1.29, 1.82) is 0 Å². The summed E-state index contributed by atoms with van der Waals surface area (Å²) in [5.74, 6) is 0. The summed E-state index contributed by atoms with van der Waals surface area (Å²) in [5, 5.41) is 0. The topological polar surface area (TPSA) is 36.9 Å². The summed E-state index contributed by atoms with van der Waals surface area (Å²) in [5.41, 5.74) is 1.54. The third-order valence-corrected chi connectivity index (χ3v) is 13.9. The molecule has 17 heavy (non-hydrogen) atoms. The van der Waals surface area contributed by atoms with E-state index in [0.29, 0.717) is 11.1 Å². The van der Waals surface area contributed by atoms with Gasteiger partial charge in [-0.3, -0.25) is 0 Å². The molecule has 0 bridgehead atoms. The maximum Gasteiger partial charge on any atom is 0.342 e. The average Bonchev–Trinajstić information content (AvgIpc) is 2.31. The second-order valence-corrected chi connectivity index (χ2v) is 13.5. The van der Waals surface area contributed by atoms with Crippen LogP contribution in [0, 0.1) is 0 Å². The Morgan fingerprint density at radius 3 is 1.00 bits per heavy atom. The second kappa shape index (κ2) is 7.01. The summed E-state index contributed by atoms with van der Waals surface area (Å²) in [4.78, 5) is 0. The molecule has 0 saturated heterocycles. The third kappa shape index (κ3) is 3.62. The van der Waals surface area contributed by atoms with Crippen molar-refractivity contribution < 1.29 is 17.7 Å². The summed E-state index contributed by atoms with van der Waals surface area (Å²) >= 11 is 0. The highest BCUT2D eigenvalue weighted by Crippen LogP contribution is 2.36. The highest BCUT2D eigenvalue weighted by atomic mass is 28.4. The van der Waals surface area contributed by atoms with E-state index in [-0.39, 0.29) is 0 Å². The van der Waals surface area contributed by atoms with E-state index in [2.05, 4.69) is 27.7 Å². The van der Waals surface area contributed by atoms with E-state index in [4.69, 9.17) is 17.7 Å². The monoisotopic (exact) mass is 280 g/mol. The molecular weight excluding hydrogens is 252 g/mol. The smallest absolute Gasteiger partial charge is 0.342 e. The third-order valence-electron chi connectivity index (χ3n) is 3.63. The molecule has 0 spiro atoms. The molecule has 0 N–H and O–H groups in total. The molecule has 0 heterocycles. The Bertz CT molecular complexity index is 192. The van der Waals surface area contributed by atoms with Gasteiger partial charge < -0.3 is 17.7 Å². The van der Waals surface area contributed by atoms with Crippen molar-refractivity contribution in [2.24, 2.45) is 0 Å². The van der Waals surface area contributed by atoms with Crippen LogP contribution in [0.2, 0.25) is 16.7 Å². The number of rotatable bonds is 8. The minimum atomic E-state index is -2.25. The fraction of sp³-hybridized carbons (Fsp3) is 1.00. The van der Waals surface area contributed by atoms with Crippen LogP contribution in [0.25, 0.3) is 0 Å². The SMILES string of the molecule is CO[Si](C[Si](OC)(OC)C(C)C)(OC)C(C)C. The average molecular weight is 281 g/mol. The Kier molecular flexibility index (Phi) is 7.12. The van der Waals surface area contributed by atoms with Gasteiger partial charge in [-0.15, -0.1) is 0 Å².